The first-order valence-electron chi connectivity index (χ1n) is 7.78. The molecule has 0 N–H and O–H groups in total. The monoisotopic (exact) mass is 391 g/mol. The van der Waals surface area contributed by atoms with Gasteiger partial charge in [0.15, 0.2) is 0 Å². The number of carbonyl (C=O) groups is 1. The van der Waals surface area contributed by atoms with Crippen LogP contribution in [0.15, 0.2) is 36.4 Å². The molecule has 2 aromatic rings. The van der Waals surface area contributed by atoms with Crippen molar-refractivity contribution in [3.05, 3.63) is 53.2 Å². The van der Waals surface area contributed by atoms with E-state index in [0.717, 1.165) is 30.3 Å². The van der Waals surface area contributed by atoms with E-state index in [1.54, 1.807) is 6.92 Å². The molecule has 0 aliphatic carbocycles. The quantitative estimate of drug-likeness (QED) is 0.514. The summed E-state index contributed by atoms with van der Waals surface area (Å²) >= 11 is 0. The molecule has 9 heteroatoms. The van der Waals surface area contributed by atoms with Gasteiger partial charge in [-0.05, 0) is 29.8 Å². The van der Waals surface area contributed by atoms with Crippen LogP contribution in [0.5, 0.6) is 0 Å². The molecule has 0 saturated heterocycles. The minimum atomic E-state index is -4.74. The Morgan fingerprint density at radius 1 is 1.04 bits per heavy atom. The molecule has 1 atom stereocenters. The van der Waals surface area contributed by atoms with E-state index in [1.807, 2.05) is 0 Å². The van der Waals surface area contributed by atoms with Crippen LogP contribution >= 0.6 is 0 Å². The average Bonchev–Trinajstić information content (AvgIpc) is 2.57. The summed E-state index contributed by atoms with van der Waals surface area (Å²) in [7, 11) is 0. The van der Waals surface area contributed by atoms with Crippen molar-refractivity contribution in [1.82, 2.24) is 4.98 Å². The second-order valence-electron chi connectivity index (χ2n) is 5.95. The second-order valence-corrected chi connectivity index (χ2v) is 5.95. The van der Waals surface area contributed by atoms with Gasteiger partial charge in [0.25, 0.3) is 0 Å². The lowest BCUT2D eigenvalue weighted by Crippen LogP contribution is -2.13. The molecule has 1 aromatic carbocycles. The second kappa shape index (κ2) is 7.58. The molecule has 0 bridgehead atoms. The van der Waals surface area contributed by atoms with Gasteiger partial charge in [-0.1, -0.05) is 19.1 Å². The van der Waals surface area contributed by atoms with Gasteiger partial charge in [0, 0.05) is 18.4 Å². The number of alkyl halides is 6. The molecular formula is C18H15F6NO2. The van der Waals surface area contributed by atoms with Gasteiger partial charge in [-0.2, -0.15) is 26.3 Å². The molecule has 3 nitrogen and oxygen atoms in total. The van der Waals surface area contributed by atoms with E-state index < -0.39 is 35.5 Å². The Labute approximate surface area is 151 Å². The van der Waals surface area contributed by atoms with Crippen LogP contribution < -0.4 is 0 Å². The summed E-state index contributed by atoms with van der Waals surface area (Å²) < 4.78 is 82.3. The number of halogens is 6. The van der Waals surface area contributed by atoms with Crippen molar-refractivity contribution in [1.29, 1.82) is 0 Å². The van der Waals surface area contributed by atoms with E-state index in [2.05, 4.69) is 4.98 Å². The first-order chi connectivity index (χ1) is 12.4. The van der Waals surface area contributed by atoms with Gasteiger partial charge < -0.3 is 4.74 Å². The third kappa shape index (κ3) is 5.45. The standard InChI is InChI=1S/C18H15F6NO2/c1-10(9-27-11(2)26)13-7-15(25-16(8-13)18(22,23)24)12-3-5-14(6-4-12)17(19,20)21/h3-8,10H,9H2,1-2H3/t10-/m0/s1. The number of nitrogens with zero attached hydrogens (tertiary/aromatic N) is 1. The van der Waals surface area contributed by atoms with Crippen LogP contribution in [0.3, 0.4) is 0 Å². The molecule has 0 fully saturated rings. The molecule has 146 valence electrons. The van der Waals surface area contributed by atoms with Crippen molar-refractivity contribution < 1.29 is 35.9 Å². The Kier molecular flexibility index (Phi) is 5.82. The fraction of sp³-hybridized carbons (Fsp3) is 0.333. The van der Waals surface area contributed by atoms with E-state index in [4.69, 9.17) is 4.74 Å². The number of esters is 1. The molecule has 0 aliphatic heterocycles. The fourth-order valence-electron chi connectivity index (χ4n) is 2.30. The summed E-state index contributed by atoms with van der Waals surface area (Å²) in [6.07, 6.45) is -9.29. The average molecular weight is 391 g/mol. The molecule has 1 heterocycles. The Balaban J connectivity index is 2.46. The molecular weight excluding hydrogens is 376 g/mol. The Bertz CT molecular complexity index is 812. The van der Waals surface area contributed by atoms with Crippen molar-refractivity contribution in [3.63, 3.8) is 0 Å². The lowest BCUT2D eigenvalue weighted by atomic mass is 9.98. The highest BCUT2D eigenvalue weighted by Crippen LogP contribution is 2.34. The van der Waals surface area contributed by atoms with Crippen molar-refractivity contribution in [2.24, 2.45) is 0 Å². The fourth-order valence-corrected chi connectivity index (χ4v) is 2.30. The smallest absolute Gasteiger partial charge is 0.433 e. The maximum Gasteiger partial charge on any atom is 0.433 e. The zero-order valence-electron chi connectivity index (χ0n) is 14.3. The third-order valence-corrected chi connectivity index (χ3v) is 3.75. The van der Waals surface area contributed by atoms with Gasteiger partial charge in [0.2, 0.25) is 0 Å². The van der Waals surface area contributed by atoms with E-state index in [1.165, 1.54) is 13.0 Å². The van der Waals surface area contributed by atoms with Crippen LogP contribution in [0.4, 0.5) is 26.3 Å². The molecule has 2 rings (SSSR count). The zero-order chi connectivity index (χ0) is 20.4. The number of carbonyl (C=O) groups excluding carboxylic acids is 1. The SMILES string of the molecule is CC(=O)OC[C@H](C)c1cc(-c2ccc(C(F)(F)F)cc2)nc(C(F)(F)F)c1. The molecule has 0 unspecified atom stereocenters. The van der Waals surface area contributed by atoms with Crippen molar-refractivity contribution in [2.75, 3.05) is 6.61 Å². The highest BCUT2D eigenvalue weighted by Gasteiger charge is 2.34. The van der Waals surface area contributed by atoms with Gasteiger partial charge in [-0.25, -0.2) is 4.98 Å². The maximum absolute atomic E-state index is 13.2. The van der Waals surface area contributed by atoms with Gasteiger partial charge in [-0.3, -0.25) is 4.79 Å². The first-order valence-corrected chi connectivity index (χ1v) is 7.78. The molecule has 0 spiro atoms. The topological polar surface area (TPSA) is 39.2 Å². The number of aromatic nitrogens is 1. The van der Waals surface area contributed by atoms with Crippen LogP contribution in [-0.2, 0) is 21.9 Å². The maximum atomic E-state index is 13.2. The predicted octanol–water partition coefficient (Wildman–Crippen LogP) is 5.45. The lowest BCUT2D eigenvalue weighted by molar-refractivity contribution is -0.142. The molecule has 0 amide bonds. The highest BCUT2D eigenvalue weighted by molar-refractivity contribution is 5.66. The lowest BCUT2D eigenvalue weighted by Gasteiger charge is -2.16. The minimum absolute atomic E-state index is 0.107. The van der Waals surface area contributed by atoms with Crippen LogP contribution in [0.1, 0.15) is 36.6 Å². The van der Waals surface area contributed by atoms with Crippen LogP contribution in [0.2, 0.25) is 0 Å². The Morgan fingerprint density at radius 3 is 2.11 bits per heavy atom. The summed E-state index contributed by atoms with van der Waals surface area (Å²) in [6.45, 7) is 2.60. The third-order valence-electron chi connectivity index (χ3n) is 3.75. The van der Waals surface area contributed by atoms with Crippen molar-refractivity contribution in [2.45, 2.75) is 32.1 Å². The van der Waals surface area contributed by atoms with Gasteiger partial charge in [0.05, 0.1) is 17.9 Å². The number of hydrogen-bond acceptors (Lipinski definition) is 3. The first kappa shape index (κ1) is 20.7. The van der Waals surface area contributed by atoms with E-state index in [0.29, 0.717) is 0 Å². The number of hydrogen-bond donors (Lipinski definition) is 0. The van der Waals surface area contributed by atoms with Crippen LogP contribution in [0, 0.1) is 0 Å². The van der Waals surface area contributed by atoms with Gasteiger partial charge >= 0.3 is 18.3 Å². The molecule has 0 aliphatic rings. The highest BCUT2D eigenvalue weighted by atomic mass is 19.4. The Morgan fingerprint density at radius 2 is 1.63 bits per heavy atom. The van der Waals surface area contributed by atoms with Crippen molar-refractivity contribution >= 4 is 5.97 Å². The number of benzene rings is 1. The summed E-state index contributed by atoms with van der Waals surface area (Å²) in [6, 6.07) is 5.85. The summed E-state index contributed by atoms with van der Waals surface area (Å²) in [5.74, 6) is -1.14. The number of ether oxygens (including phenoxy) is 1. The van der Waals surface area contributed by atoms with Crippen molar-refractivity contribution in [3.8, 4) is 11.3 Å². The molecule has 0 radical (unpaired) electrons. The largest absolute Gasteiger partial charge is 0.465 e. The summed E-state index contributed by atoms with van der Waals surface area (Å²) in [5, 5.41) is 0. The van der Waals surface area contributed by atoms with E-state index in [-0.39, 0.29) is 23.4 Å². The summed E-state index contributed by atoms with van der Waals surface area (Å²) in [4.78, 5) is 14.4. The van der Waals surface area contributed by atoms with Gasteiger partial charge in [0.1, 0.15) is 5.69 Å². The van der Waals surface area contributed by atoms with Crippen LogP contribution in [0.25, 0.3) is 11.3 Å². The van der Waals surface area contributed by atoms with E-state index in [9.17, 15) is 31.1 Å². The number of rotatable bonds is 4. The minimum Gasteiger partial charge on any atom is -0.465 e. The molecule has 0 saturated carbocycles. The number of pyridine rings is 1. The molecule has 1 aromatic heterocycles. The van der Waals surface area contributed by atoms with Crippen LogP contribution in [-0.4, -0.2) is 17.6 Å². The molecule has 27 heavy (non-hydrogen) atoms. The van der Waals surface area contributed by atoms with Gasteiger partial charge in [-0.15, -0.1) is 0 Å². The Hall–Kier alpha value is -2.58. The zero-order valence-corrected chi connectivity index (χ0v) is 14.3. The summed E-state index contributed by atoms with van der Waals surface area (Å²) in [5.41, 5.74) is -1.90. The normalized spacial score (nSPS) is 13.3. The predicted molar refractivity (Wildman–Crippen MR) is 84.7 cm³/mol. The van der Waals surface area contributed by atoms with E-state index >= 15 is 0 Å².